The maximum Gasteiger partial charge on any atom is 0.338 e. The van der Waals surface area contributed by atoms with Crippen molar-refractivity contribution in [3.05, 3.63) is 77.4 Å². The fourth-order valence-electron chi connectivity index (χ4n) is 4.53. The fraction of sp³-hybridized carbons (Fsp3) is 0.233. The van der Waals surface area contributed by atoms with E-state index in [-0.39, 0.29) is 25.2 Å². The summed E-state index contributed by atoms with van der Waals surface area (Å²) in [7, 11) is 5.43. The maximum atomic E-state index is 13.4. The molecule has 0 unspecified atom stereocenters. The summed E-state index contributed by atoms with van der Waals surface area (Å²) in [5.74, 6) is 0.389. The van der Waals surface area contributed by atoms with Crippen LogP contribution in [-0.4, -0.2) is 63.8 Å². The van der Waals surface area contributed by atoms with Crippen molar-refractivity contribution in [2.45, 2.75) is 6.92 Å². The lowest BCUT2D eigenvalue weighted by Gasteiger charge is -2.20. The number of ether oxygens (including phenoxy) is 3. The van der Waals surface area contributed by atoms with Gasteiger partial charge >= 0.3 is 5.97 Å². The number of nitrogens with one attached hydrogen (secondary N) is 2. The SMILES string of the molecule is CCOC(=O)c1ccc2c(c1)NC(=O)C2=C(Nc1ccc(N(C)C(=O)CN(C)C)cc1)c1ccc2c(c1)OCO2. The van der Waals surface area contributed by atoms with Gasteiger partial charge in [-0.05, 0) is 75.6 Å². The van der Waals surface area contributed by atoms with Gasteiger partial charge in [0.2, 0.25) is 12.7 Å². The molecule has 3 aromatic carbocycles. The molecule has 10 nitrogen and oxygen atoms in total. The van der Waals surface area contributed by atoms with E-state index in [2.05, 4.69) is 10.6 Å². The molecule has 0 bridgehead atoms. The van der Waals surface area contributed by atoms with E-state index in [4.69, 9.17) is 14.2 Å². The van der Waals surface area contributed by atoms with E-state index >= 15 is 0 Å². The third-order valence-electron chi connectivity index (χ3n) is 6.54. The van der Waals surface area contributed by atoms with Gasteiger partial charge in [0.1, 0.15) is 0 Å². The summed E-state index contributed by atoms with van der Waals surface area (Å²) >= 11 is 0. The molecule has 2 aliphatic heterocycles. The molecule has 0 radical (unpaired) electrons. The van der Waals surface area contributed by atoms with Crippen LogP contribution in [-0.2, 0) is 14.3 Å². The number of amides is 2. The molecular formula is C30H30N4O6. The van der Waals surface area contributed by atoms with Gasteiger partial charge in [-0.15, -0.1) is 0 Å². The zero-order valence-electron chi connectivity index (χ0n) is 22.7. The van der Waals surface area contributed by atoms with Crippen molar-refractivity contribution >= 4 is 46.1 Å². The van der Waals surface area contributed by atoms with Gasteiger partial charge in [-0.2, -0.15) is 0 Å². The molecule has 0 atom stereocenters. The van der Waals surface area contributed by atoms with Gasteiger partial charge in [0.15, 0.2) is 11.5 Å². The second kappa shape index (κ2) is 11.1. The van der Waals surface area contributed by atoms with Crippen LogP contribution in [0.4, 0.5) is 17.1 Å². The van der Waals surface area contributed by atoms with Gasteiger partial charge in [0, 0.05) is 29.5 Å². The molecule has 10 heteroatoms. The molecule has 0 aliphatic carbocycles. The second-order valence-corrected chi connectivity index (χ2v) is 9.62. The number of esters is 1. The Hall–Kier alpha value is -4.83. The van der Waals surface area contributed by atoms with Crippen molar-refractivity contribution in [3.8, 4) is 11.5 Å². The molecule has 0 aromatic heterocycles. The van der Waals surface area contributed by atoms with Gasteiger partial charge in [-0.3, -0.25) is 9.59 Å². The lowest BCUT2D eigenvalue weighted by Crippen LogP contribution is -2.34. The Labute approximate surface area is 232 Å². The van der Waals surface area contributed by atoms with Crippen molar-refractivity contribution in [3.63, 3.8) is 0 Å². The summed E-state index contributed by atoms with van der Waals surface area (Å²) in [6, 6.07) is 17.8. The van der Waals surface area contributed by atoms with Gasteiger partial charge in [-0.1, -0.05) is 6.07 Å². The van der Waals surface area contributed by atoms with Crippen molar-refractivity contribution in [1.29, 1.82) is 0 Å². The maximum absolute atomic E-state index is 13.4. The number of benzene rings is 3. The minimum Gasteiger partial charge on any atom is -0.462 e. The molecule has 0 saturated carbocycles. The van der Waals surface area contributed by atoms with E-state index in [0.717, 1.165) is 5.69 Å². The molecular weight excluding hydrogens is 512 g/mol. The Morgan fingerprint density at radius 1 is 0.950 bits per heavy atom. The Bertz CT molecular complexity index is 1510. The summed E-state index contributed by atoms with van der Waals surface area (Å²) in [6.45, 7) is 2.41. The lowest BCUT2D eigenvalue weighted by atomic mass is 9.98. The van der Waals surface area contributed by atoms with E-state index in [1.54, 1.807) is 43.1 Å². The van der Waals surface area contributed by atoms with Crippen LogP contribution in [0.5, 0.6) is 11.5 Å². The second-order valence-electron chi connectivity index (χ2n) is 9.62. The number of anilines is 3. The van der Waals surface area contributed by atoms with E-state index in [9.17, 15) is 14.4 Å². The van der Waals surface area contributed by atoms with Crippen molar-refractivity contribution in [2.75, 3.05) is 56.6 Å². The number of rotatable bonds is 8. The Balaban J connectivity index is 1.54. The van der Waals surface area contributed by atoms with Crippen molar-refractivity contribution in [2.24, 2.45) is 0 Å². The summed E-state index contributed by atoms with van der Waals surface area (Å²) in [4.78, 5) is 41.5. The van der Waals surface area contributed by atoms with E-state index in [1.165, 1.54) is 0 Å². The van der Waals surface area contributed by atoms with E-state index < -0.39 is 5.97 Å². The van der Waals surface area contributed by atoms with Crippen LogP contribution >= 0.6 is 0 Å². The zero-order chi connectivity index (χ0) is 28.4. The largest absolute Gasteiger partial charge is 0.462 e. The molecule has 2 heterocycles. The highest BCUT2D eigenvalue weighted by atomic mass is 16.7. The highest BCUT2D eigenvalue weighted by molar-refractivity contribution is 6.37. The predicted molar refractivity (Wildman–Crippen MR) is 152 cm³/mol. The number of carbonyl (C=O) groups excluding carboxylic acids is 3. The number of hydrogen-bond acceptors (Lipinski definition) is 8. The average Bonchev–Trinajstić information content (AvgIpc) is 3.54. The number of nitrogens with zero attached hydrogens (tertiary/aromatic N) is 2. The first-order chi connectivity index (χ1) is 19.2. The molecule has 2 aliphatic rings. The van der Waals surface area contributed by atoms with Crippen LogP contribution in [0.15, 0.2) is 60.7 Å². The molecule has 0 spiro atoms. The first-order valence-corrected chi connectivity index (χ1v) is 12.8. The minimum absolute atomic E-state index is 0.0321. The molecule has 40 heavy (non-hydrogen) atoms. The molecule has 2 N–H and O–H groups in total. The molecule has 0 saturated heterocycles. The first-order valence-electron chi connectivity index (χ1n) is 12.8. The van der Waals surface area contributed by atoms with E-state index in [1.807, 2.05) is 55.4 Å². The normalized spacial score (nSPS) is 14.5. The zero-order valence-corrected chi connectivity index (χ0v) is 22.7. The molecule has 0 fully saturated rings. The third kappa shape index (κ3) is 5.34. The standard InChI is InChI=1S/C30H30N4O6/c1-5-38-30(37)19-6-12-22-23(14-19)32-29(36)27(22)28(18-7-13-24-25(15-18)40-17-39-24)31-20-8-10-21(11-9-20)34(4)26(35)16-33(2)3/h6-15,31H,5,16-17H2,1-4H3,(H,32,36). The highest BCUT2D eigenvalue weighted by Crippen LogP contribution is 2.41. The summed E-state index contributed by atoms with van der Waals surface area (Å²) in [5, 5.41) is 6.28. The van der Waals surface area contributed by atoms with Gasteiger partial charge in [0.05, 0.1) is 35.7 Å². The Morgan fingerprint density at radius 2 is 1.68 bits per heavy atom. The molecule has 2 amide bonds. The fourth-order valence-corrected chi connectivity index (χ4v) is 4.53. The quantitative estimate of drug-likeness (QED) is 0.324. The van der Waals surface area contributed by atoms with Crippen LogP contribution in [0.25, 0.3) is 11.3 Å². The van der Waals surface area contributed by atoms with Crippen LogP contribution < -0.4 is 25.0 Å². The van der Waals surface area contributed by atoms with E-state index in [0.29, 0.717) is 57.4 Å². The van der Waals surface area contributed by atoms with Crippen molar-refractivity contribution in [1.82, 2.24) is 4.90 Å². The first kappa shape index (κ1) is 26.8. The van der Waals surface area contributed by atoms with Gasteiger partial charge < -0.3 is 34.6 Å². The summed E-state index contributed by atoms with van der Waals surface area (Å²) in [6.07, 6.45) is 0. The highest BCUT2D eigenvalue weighted by Gasteiger charge is 2.30. The minimum atomic E-state index is -0.458. The lowest BCUT2D eigenvalue weighted by molar-refractivity contribution is -0.119. The van der Waals surface area contributed by atoms with Crippen LogP contribution in [0.3, 0.4) is 0 Å². The average molecular weight is 543 g/mol. The van der Waals surface area contributed by atoms with Crippen LogP contribution in [0.2, 0.25) is 0 Å². The Kier molecular flexibility index (Phi) is 7.43. The molecule has 5 rings (SSSR count). The number of hydrogen-bond donors (Lipinski definition) is 2. The monoisotopic (exact) mass is 542 g/mol. The Morgan fingerprint density at radius 3 is 2.40 bits per heavy atom. The smallest absolute Gasteiger partial charge is 0.338 e. The van der Waals surface area contributed by atoms with Gasteiger partial charge in [-0.25, -0.2) is 4.79 Å². The van der Waals surface area contributed by atoms with Crippen LogP contribution in [0.1, 0.15) is 28.4 Å². The third-order valence-corrected chi connectivity index (χ3v) is 6.54. The summed E-state index contributed by atoms with van der Waals surface area (Å²) < 4.78 is 16.2. The van der Waals surface area contributed by atoms with Crippen LogP contribution in [0, 0.1) is 0 Å². The van der Waals surface area contributed by atoms with Crippen molar-refractivity contribution < 1.29 is 28.6 Å². The summed E-state index contributed by atoms with van der Waals surface area (Å²) in [5.41, 5.74) is 4.62. The number of carbonyl (C=O) groups is 3. The predicted octanol–water partition coefficient (Wildman–Crippen LogP) is 4.05. The number of fused-ring (bicyclic) bond motifs is 2. The number of likely N-dealkylation sites (N-methyl/N-ethyl adjacent to an activating group) is 2. The molecule has 3 aromatic rings. The molecule has 206 valence electrons. The van der Waals surface area contributed by atoms with Gasteiger partial charge in [0.25, 0.3) is 5.91 Å². The topological polar surface area (TPSA) is 109 Å².